The van der Waals surface area contributed by atoms with Crippen LogP contribution in [0.1, 0.15) is 12.8 Å². The zero-order valence-electron chi connectivity index (χ0n) is 10.5. The van der Waals surface area contributed by atoms with Gasteiger partial charge in [-0.2, -0.15) is 0 Å². The van der Waals surface area contributed by atoms with Gasteiger partial charge in [-0.05, 0) is 43.7 Å². The summed E-state index contributed by atoms with van der Waals surface area (Å²) in [6.45, 7) is 1.90. The molecule has 1 atom stereocenters. The molecule has 1 aliphatic heterocycles. The minimum atomic E-state index is -0.0273. The van der Waals surface area contributed by atoms with Gasteiger partial charge < -0.3 is 15.4 Å². The van der Waals surface area contributed by atoms with E-state index < -0.39 is 0 Å². The molecule has 0 aliphatic carbocycles. The van der Waals surface area contributed by atoms with Gasteiger partial charge in [0.05, 0.1) is 12.6 Å². The Labute approximate surface area is 124 Å². The highest BCUT2D eigenvalue weighted by molar-refractivity contribution is 6.30. The van der Waals surface area contributed by atoms with Crippen molar-refractivity contribution in [1.82, 2.24) is 10.6 Å². The molecule has 6 heteroatoms. The second-order valence-corrected chi connectivity index (χ2v) is 4.68. The summed E-state index contributed by atoms with van der Waals surface area (Å²) in [5.74, 6) is 0.819. The van der Waals surface area contributed by atoms with Gasteiger partial charge in [-0.15, -0.1) is 12.4 Å². The summed E-state index contributed by atoms with van der Waals surface area (Å²) < 4.78 is 5.48. The molecule has 1 aromatic rings. The van der Waals surface area contributed by atoms with Crippen molar-refractivity contribution >= 4 is 29.9 Å². The first kappa shape index (κ1) is 16.1. The minimum Gasteiger partial charge on any atom is -0.492 e. The quantitative estimate of drug-likeness (QED) is 0.818. The van der Waals surface area contributed by atoms with Crippen LogP contribution in [0, 0.1) is 0 Å². The number of carbonyl (C=O) groups is 1. The van der Waals surface area contributed by atoms with Crippen LogP contribution in [0.25, 0.3) is 0 Å². The van der Waals surface area contributed by atoms with E-state index in [1.807, 2.05) is 12.1 Å². The summed E-state index contributed by atoms with van der Waals surface area (Å²) in [6.07, 6.45) is 1.99. The first-order chi connectivity index (χ1) is 8.75. The van der Waals surface area contributed by atoms with Crippen LogP contribution in [0.4, 0.5) is 0 Å². The maximum absolute atomic E-state index is 11.7. The third-order valence-electron chi connectivity index (χ3n) is 2.86. The second kappa shape index (κ2) is 8.25. The molecule has 0 bridgehead atoms. The van der Waals surface area contributed by atoms with Crippen LogP contribution in [0.2, 0.25) is 5.02 Å². The molecule has 106 valence electrons. The van der Waals surface area contributed by atoms with Crippen molar-refractivity contribution in [2.24, 2.45) is 0 Å². The fraction of sp³-hybridized carbons (Fsp3) is 0.462. The molecular weight excluding hydrogens is 287 g/mol. The van der Waals surface area contributed by atoms with Crippen molar-refractivity contribution in [2.45, 2.75) is 18.9 Å². The number of carbonyl (C=O) groups excluding carboxylic acids is 1. The van der Waals surface area contributed by atoms with Crippen LogP contribution in [0.15, 0.2) is 24.3 Å². The lowest BCUT2D eigenvalue weighted by molar-refractivity contribution is -0.122. The number of halogens is 2. The van der Waals surface area contributed by atoms with Gasteiger partial charge in [0.1, 0.15) is 12.4 Å². The van der Waals surface area contributed by atoms with Gasteiger partial charge >= 0.3 is 0 Å². The van der Waals surface area contributed by atoms with Gasteiger partial charge in [-0.25, -0.2) is 0 Å². The predicted octanol–water partition coefficient (Wildman–Crippen LogP) is 2.01. The highest BCUT2D eigenvalue weighted by Gasteiger charge is 2.21. The van der Waals surface area contributed by atoms with Crippen molar-refractivity contribution < 1.29 is 9.53 Å². The van der Waals surface area contributed by atoms with E-state index in [9.17, 15) is 4.79 Å². The Morgan fingerprint density at radius 2 is 2.16 bits per heavy atom. The Morgan fingerprint density at radius 3 is 2.79 bits per heavy atom. The average molecular weight is 305 g/mol. The van der Waals surface area contributed by atoms with E-state index in [2.05, 4.69) is 10.6 Å². The molecular formula is C13H18Cl2N2O2. The van der Waals surface area contributed by atoms with Gasteiger partial charge in [0, 0.05) is 5.02 Å². The molecule has 0 spiro atoms. The number of rotatable bonds is 5. The van der Waals surface area contributed by atoms with Crippen LogP contribution in [0.3, 0.4) is 0 Å². The Balaban J connectivity index is 0.00000180. The number of hydrogen-bond acceptors (Lipinski definition) is 3. The van der Waals surface area contributed by atoms with E-state index >= 15 is 0 Å². The summed E-state index contributed by atoms with van der Waals surface area (Å²) >= 11 is 5.77. The molecule has 1 fully saturated rings. The minimum absolute atomic E-state index is 0. The molecule has 1 saturated heterocycles. The van der Waals surface area contributed by atoms with Crippen LogP contribution in [-0.2, 0) is 4.79 Å². The summed E-state index contributed by atoms with van der Waals surface area (Å²) in [5, 5.41) is 6.69. The highest BCUT2D eigenvalue weighted by Crippen LogP contribution is 2.15. The number of hydrogen-bond donors (Lipinski definition) is 2. The maximum Gasteiger partial charge on any atom is 0.237 e. The summed E-state index contributed by atoms with van der Waals surface area (Å²) in [5.41, 5.74) is 0. The fourth-order valence-electron chi connectivity index (χ4n) is 1.91. The molecule has 1 aliphatic rings. The first-order valence-corrected chi connectivity index (χ1v) is 6.53. The van der Waals surface area contributed by atoms with E-state index in [0.29, 0.717) is 18.2 Å². The molecule has 19 heavy (non-hydrogen) atoms. The lowest BCUT2D eigenvalue weighted by Crippen LogP contribution is -2.41. The molecule has 1 aromatic carbocycles. The van der Waals surface area contributed by atoms with E-state index in [0.717, 1.165) is 25.1 Å². The molecule has 2 N–H and O–H groups in total. The van der Waals surface area contributed by atoms with Crippen molar-refractivity contribution in [2.75, 3.05) is 19.7 Å². The molecule has 0 aromatic heterocycles. The molecule has 1 unspecified atom stereocenters. The van der Waals surface area contributed by atoms with E-state index in [-0.39, 0.29) is 24.4 Å². The van der Waals surface area contributed by atoms with Crippen molar-refractivity contribution in [3.63, 3.8) is 0 Å². The van der Waals surface area contributed by atoms with Crippen LogP contribution in [-0.4, -0.2) is 31.6 Å². The third-order valence-corrected chi connectivity index (χ3v) is 3.11. The molecule has 1 heterocycles. The van der Waals surface area contributed by atoms with E-state index in [1.54, 1.807) is 12.1 Å². The lowest BCUT2D eigenvalue weighted by Gasteiger charge is -2.11. The van der Waals surface area contributed by atoms with Crippen molar-refractivity contribution in [1.29, 1.82) is 0 Å². The second-order valence-electron chi connectivity index (χ2n) is 4.24. The number of nitrogens with one attached hydrogen (secondary N) is 2. The topological polar surface area (TPSA) is 50.4 Å². The fourth-order valence-corrected chi connectivity index (χ4v) is 2.03. The zero-order chi connectivity index (χ0) is 12.8. The normalized spacial score (nSPS) is 17.6. The Hall–Kier alpha value is -0.970. The first-order valence-electron chi connectivity index (χ1n) is 6.15. The summed E-state index contributed by atoms with van der Waals surface area (Å²) in [6, 6.07) is 7.14. The van der Waals surface area contributed by atoms with Crippen LogP contribution < -0.4 is 15.4 Å². The predicted molar refractivity (Wildman–Crippen MR) is 78.2 cm³/mol. The standard InChI is InChI=1S/C13H17ClN2O2.ClH/c14-10-3-5-11(6-4-10)18-9-8-16-13(17)12-2-1-7-15-12;/h3-6,12,15H,1-2,7-9H2,(H,16,17);1H. The van der Waals surface area contributed by atoms with Crippen molar-refractivity contribution in [3.8, 4) is 5.75 Å². The zero-order valence-corrected chi connectivity index (χ0v) is 12.1. The number of ether oxygens (including phenoxy) is 1. The third kappa shape index (κ3) is 5.27. The number of amides is 1. The monoisotopic (exact) mass is 304 g/mol. The average Bonchev–Trinajstić information content (AvgIpc) is 2.90. The summed E-state index contributed by atoms with van der Waals surface area (Å²) in [4.78, 5) is 11.7. The molecule has 4 nitrogen and oxygen atoms in total. The van der Waals surface area contributed by atoms with E-state index in [1.165, 1.54) is 0 Å². The Bertz CT molecular complexity index is 392. The largest absolute Gasteiger partial charge is 0.492 e. The SMILES string of the molecule is Cl.O=C(NCCOc1ccc(Cl)cc1)C1CCCN1. The van der Waals surface area contributed by atoms with Gasteiger partial charge in [-0.3, -0.25) is 4.79 Å². The highest BCUT2D eigenvalue weighted by atomic mass is 35.5. The van der Waals surface area contributed by atoms with Gasteiger partial charge in [-0.1, -0.05) is 11.6 Å². The number of benzene rings is 1. The maximum atomic E-state index is 11.7. The van der Waals surface area contributed by atoms with Crippen molar-refractivity contribution in [3.05, 3.63) is 29.3 Å². The molecule has 1 amide bonds. The summed E-state index contributed by atoms with van der Waals surface area (Å²) in [7, 11) is 0. The molecule has 0 radical (unpaired) electrons. The Kier molecular flexibility index (Phi) is 6.99. The molecule has 0 saturated carbocycles. The Morgan fingerprint density at radius 1 is 1.42 bits per heavy atom. The van der Waals surface area contributed by atoms with Gasteiger partial charge in [0.15, 0.2) is 0 Å². The van der Waals surface area contributed by atoms with E-state index in [4.69, 9.17) is 16.3 Å². The lowest BCUT2D eigenvalue weighted by atomic mass is 10.2. The van der Waals surface area contributed by atoms with Gasteiger partial charge in [0.25, 0.3) is 0 Å². The molecule has 2 rings (SSSR count). The van der Waals surface area contributed by atoms with Gasteiger partial charge in [0.2, 0.25) is 5.91 Å². The smallest absolute Gasteiger partial charge is 0.237 e. The van der Waals surface area contributed by atoms with Crippen LogP contribution >= 0.6 is 24.0 Å². The van der Waals surface area contributed by atoms with Crippen LogP contribution in [0.5, 0.6) is 5.75 Å².